The molecule has 0 heterocycles. The Hall–Kier alpha value is -1.33. The summed E-state index contributed by atoms with van der Waals surface area (Å²) in [5, 5.41) is 0. The Kier molecular flexibility index (Phi) is 9.02. The molecule has 0 amide bonds. The van der Waals surface area contributed by atoms with E-state index in [0.717, 1.165) is 55.3 Å². The number of hydrogen-bond donors (Lipinski definition) is 0. The molecule has 0 N–H and O–H groups in total. The Labute approximate surface area is 207 Å². The van der Waals surface area contributed by atoms with Crippen LogP contribution < -0.4 is 4.74 Å². The van der Waals surface area contributed by atoms with Gasteiger partial charge in [-0.1, -0.05) is 32.6 Å². The first-order valence-electron chi connectivity index (χ1n) is 13.9. The molecule has 0 radical (unpaired) electrons. The van der Waals surface area contributed by atoms with Gasteiger partial charge in [0.1, 0.15) is 22.9 Å². The van der Waals surface area contributed by atoms with Crippen molar-refractivity contribution in [1.82, 2.24) is 0 Å². The number of rotatable bonds is 7. The molecule has 6 heteroatoms. The smallest absolute Gasteiger partial charge is 0.422 e. The number of halogens is 5. The highest BCUT2D eigenvalue weighted by Gasteiger charge is 2.38. The molecule has 1 aromatic rings. The summed E-state index contributed by atoms with van der Waals surface area (Å²) in [6.45, 7) is 2.60. The molecule has 198 valence electrons. The SMILES string of the molecule is CCCC1CCC(C2CCC(C3CCC(COc4cc(F)c(C(F)(F)F)c(F)c4)CC3)CC2)CC1. The summed E-state index contributed by atoms with van der Waals surface area (Å²) >= 11 is 0. The highest BCUT2D eigenvalue weighted by atomic mass is 19.4. The summed E-state index contributed by atoms with van der Waals surface area (Å²) in [7, 11) is 0. The number of benzene rings is 1. The predicted octanol–water partition coefficient (Wildman–Crippen LogP) is 9.58. The summed E-state index contributed by atoms with van der Waals surface area (Å²) in [5.74, 6) is 1.31. The van der Waals surface area contributed by atoms with Gasteiger partial charge in [0.2, 0.25) is 0 Å². The van der Waals surface area contributed by atoms with Gasteiger partial charge in [0, 0.05) is 12.1 Å². The van der Waals surface area contributed by atoms with Crippen LogP contribution in [0, 0.1) is 47.1 Å². The molecule has 4 rings (SSSR count). The first-order valence-corrected chi connectivity index (χ1v) is 13.9. The van der Waals surface area contributed by atoms with Crippen LogP contribution in [-0.4, -0.2) is 6.61 Å². The van der Waals surface area contributed by atoms with Crippen molar-refractivity contribution in [2.24, 2.45) is 35.5 Å². The molecule has 35 heavy (non-hydrogen) atoms. The third-order valence-electron chi connectivity index (χ3n) is 9.41. The largest absolute Gasteiger partial charge is 0.493 e. The van der Waals surface area contributed by atoms with Gasteiger partial charge in [-0.3, -0.25) is 0 Å². The number of alkyl halides is 3. The molecule has 0 saturated heterocycles. The van der Waals surface area contributed by atoms with Gasteiger partial charge in [-0.25, -0.2) is 8.78 Å². The molecular formula is C29H41F5O. The van der Waals surface area contributed by atoms with Gasteiger partial charge in [-0.2, -0.15) is 13.2 Å². The van der Waals surface area contributed by atoms with Gasteiger partial charge in [0.05, 0.1) is 6.61 Å². The van der Waals surface area contributed by atoms with Gasteiger partial charge in [0.15, 0.2) is 0 Å². The lowest BCUT2D eigenvalue weighted by Gasteiger charge is -2.41. The van der Waals surface area contributed by atoms with E-state index < -0.39 is 23.4 Å². The summed E-state index contributed by atoms with van der Waals surface area (Å²) in [6, 6.07) is 1.29. The average Bonchev–Trinajstić information content (AvgIpc) is 2.83. The van der Waals surface area contributed by atoms with E-state index in [-0.39, 0.29) is 11.7 Å². The lowest BCUT2D eigenvalue weighted by atomic mass is 9.65. The zero-order chi connectivity index (χ0) is 25.0. The molecule has 1 nitrogen and oxygen atoms in total. The monoisotopic (exact) mass is 500 g/mol. The van der Waals surface area contributed by atoms with Gasteiger partial charge in [-0.15, -0.1) is 0 Å². The molecule has 0 bridgehead atoms. The maximum absolute atomic E-state index is 13.8. The Morgan fingerprint density at radius 2 is 1.09 bits per heavy atom. The zero-order valence-corrected chi connectivity index (χ0v) is 21.0. The molecular weight excluding hydrogens is 459 g/mol. The highest BCUT2D eigenvalue weighted by molar-refractivity contribution is 5.32. The average molecular weight is 501 g/mol. The molecule has 3 saturated carbocycles. The van der Waals surface area contributed by atoms with Crippen molar-refractivity contribution in [3.8, 4) is 5.75 Å². The van der Waals surface area contributed by atoms with Crippen molar-refractivity contribution in [3.63, 3.8) is 0 Å². The van der Waals surface area contributed by atoms with Crippen LogP contribution in [0.25, 0.3) is 0 Å². The van der Waals surface area contributed by atoms with Gasteiger partial charge in [0.25, 0.3) is 0 Å². The molecule has 0 spiro atoms. The van der Waals surface area contributed by atoms with Crippen LogP contribution in [0.5, 0.6) is 5.75 Å². The van der Waals surface area contributed by atoms with E-state index in [2.05, 4.69) is 6.92 Å². The molecule has 0 atom stereocenters. The number of hydrogen-bond acceptors (Lipinski definition) is 1. The lowest BCUT2D eigenvalue weighted by Crippen LogP contribution is -2.30. The molecule has 0 aliphatic heterocycles. The lowest BCUT2D eigenvalue weighted by molar-refractivity contribution is -0.142. The van der Waals surface area contributed by atoms with Crippen LogP contribution in [0.4, 0.5) is 22.0 Å². The quantitative estimate of drug-likeness (QED) is 0.339. The predicted molar refractivity (Wildman–Crippen MR) is 128 cm³/mol. The normalized spacial score (nSPS) is 32.4. The topological polar surface area (TPSA) is 9.23 Å². The van der Waals surface area contributed by atoms with Crippen LogP contribution in [-0.2, 0) is 6.18 Å². The van der Waals surface area contributed by atoms with Crippen molar-refractivity contribution < 1.29 is 26.7 Å². The molecule has 3 fully saturated rings. The first kappa shape index (κ1) is 26.7. The minimum Gasteiger partial charge on any atom is -0.493 e. The summed E-state index contributed by atoms with van der Waals surface area (Å²) in [6.07, 6.45) is 13.3. The molecule has 1 aromatic carbocycles. The Bertz CT molecular complexity index is 775. The Morgan fingerprint density at radius 3 is 1.49 bits per heavy atom. The van der Waals surface area contributed by atoms with E-state index in [1.54, 1.807) is 0 Å². The van der Waals surface area contributed by atoms with Gasteiger partial charge < -0.3 is 4.74 Å². The van der Waals surface area contributed by atoms with Crippen molar-refractivity contribution >= 4 is 0 Å². The standard InChI is InChI=1S/C29H41F5O/c1-2-3-19-4-8-21(9-5-19)23-12-14-24(15-13-23)22-10-6-20(7-11-22)18-35-25-16-26(30)28(27(31)17-25)29(32,33)34/h16-17,19-24H,2-15,18H2,1H3. The molecule has 3 aliphatic carbocycles. The van der Waals surface area contributed by atoms with Crippen molar-refractivity contribution in [1.29, 1.82) is 0 Å². The van der Waals surface area contributed by atoms with Crippen LogP contribution in [0.3, 0.4) is 0 Å². The van der Waals surface area contributed by atoms with E-state index >= 15 is 0 Å². The maximum Gasteiger partial charge on any atom is 0.422 e. The summed E-state index contributed by atoms with van der Waals surface area (Å²) in [5.41, 5.74) is -1.86. The van der Waals surface area contributed by atoms with Crippen molar-refractivity contribution in [2.75, 3.05) is 6.61 Å². The number of ether oxygens (including phenoxy) is 1. The molecule has 3 aliphatic rings. The van der Waals surface area contributed by atoms with Crippen molar-refractivity contribution in [3.05, 3.63) is 29.3 Å². The zero-order valence-electron chi connectivity index (χ0n) is 21.0. The second-order valence-electron chi connectivity index (χ2n) is 11.6. The van der Waals surface area contributed by atoms with E-state index in [4.69, 9.17) is 4.74 Å². The van der Waals surface area contributed by atoms with E-state index in [0.29, 0.717) is 18.7 Å². The van der Waals surface area contributed by atoms with E-state index in [9.17, 15) is 22.0 Å². The summed E-state index contributed by atoms with van der Waals surface area (Å²) < 4.78 is 71.3. The Balaban J connectivity index is 1.17. The fraction of sp³-hybridized carbons (Fsp3) is 0.793. The minimum absolute atomic E-state index is 0.169. The van der Waals surface area contributed by atoms with Crippen molar-refractivity contribution in [2.45, 2.75) is 103 Å². The van der Waals surface area contributed by atoms with Gasteiger partial charge >= 0.3 is 6.18 Å². The van der Waals surface area contributed by atoms with Crippen LogP contribution in [0.1, 0.15) is 102 Å². The fourth-order valence-corrected chi connectivity index (χ4v) is 7.39. The fourth-order valence-electron chi connectivity index (χ4n) is 7.39. The molecule has 0 aromatic heterocycles. The van der Waals surface area contributed by atoms with Crippen LogP contribution in [0.15, 0.2) is 12.1 Å². The third-order valence-corrected chi connectivity index (χ3v) is 9.41. The second kappa shape index (κ2) is 11.8. The first-order chi connectivity index (χ1) is 16.7. The van der Waals surface area contributed by atoms with E-state index in [1.807, 2.05) is 0 Å². The van der Waals surface area contributed by atoms with E-state index in [1.165, 1.54) is 64.2 Å². The Morgan fingerprint density at radius 1 is 0.686 bits per heavy atom. The van der Waals surface area contributed by atoms with Gasteiger partial charge in [-0.05, 0) is 99.7 Å². The van der Waals surface area contributed by atoms with Crippen LogP contribution in [0.2, 0.25) is 0 Å². The molecule has 0 unspecified atom stereocenters. The summed E-state index contributed by atoms with van der Waals surface area (Å²) in [4.78, 5) is 0. The highest BCUT2D eigenvalue weighted by Crippen LogP contribution is 2.46. The third kappa shape index (κ3) is 6.91. The van der Waals surface area contributed by atoms with Crippen LogP contribution >= 0.6 is 0 Å². The second-order valence-corrected chi connectivity index (χ2v) is 11.6. The minimum atomic E-state index is -5.06. The maximum atomic E-state index is 13.8.